The lowest BCUT2D eigenvalue weighted by molar-refractivity contribution is -0.150. The summed E-state index contributed by atoms with van der Waals surface area (Å²) in [6.45, 7) is 11.0. The Kier molecular flexibility index (Phi) is 27.8. The first-order valence-electron chi connectivity index (χ1n) is 15.7. The number of methoxy groups -OCH3 is 2. The molecule has 0 saturated heterocycles. The van der Waals surface area contributed by atoms with Crippen LogP contribution >= 0.6 is 0 Å². The van der Waals surface area contributed by atoms with Crippen LogP contribution in [0.5, 0.6) is 0 Å². The Morgan fingerprint density at radius 3 is 1.40 bits per heavy atom. The van der Waals surface area contributed by atoms with Crippen molar-refractivity contribution >= 4 is 11.9 Å². The number of esters is 2. The van der Waals surface area contributed by atoms with Gasteiger partial charge >= 0.3 is 11.9 Å². The van der Waals surface area contributed by atoms with Gasteiger partial charge in [-0.1, -0.05) is 0 Å². The molecule has 0 heterocycles. The smallest absolute Gasteiger partial charge is 0.305 e. The summed E-state index contributed by atoms with van der Waals surface area (Å²) in [5, 5.41) is 19.8. The van der Waals surface area contributed by atoms with E-state index in [-0.39, 0.29) is 69.9 Å². The second-order valence-electron chi connectivity index (χ2n) is 11.0. The molecule has 2 N–H and O–H groups in total. The third-order valence-corrected chi connectivity index (χ3v) is 6.78. The van der Waals surface area contributed by atoms with Crippen LogP contribution in [0.15, 0.2) is 0 Å². The van der Waals surface area contributed by atoms with Crippen molar-refractivity contribution in [1.29, 1.82) is 0 Å². The van der Waals surface area contributed by atoms with Crippen LogP contribution in [0.3, 0.4) is 0 Å². The molecule has 0 saturated carbocycles. The van der Waals surface area contributed by atoms with E-state index >= 15 is 0 Å². The second kappa shape index (κ2) is 28.7. The van der Waals surface area contributed by atoms with Gasteiger partial charge in [0.25, 0.3) is 0 Å². The number of carbonyl (C=O) groups excluding carboxylic acids is 2. The fourth-order valence-electron chi connectivity index (χ4n) is 3.59. The molecule has 0 radical (unpaired) electrons. The van der Waals surface area contributed by atoms with Crippen LogP contribution < -0.4 is 0 Å². The first kappa shape index (κ1) is 43.5. The SMILES string of the molecule is COCCOCCOCCOCCOC(=O)CCC(CO)(CO)CCC(=O)OCC(C)OCC(C)OCC(C)OCC(C)OC. The summed E-state index contributed by atoms with van der Waals surface area (Å²) >= 11 is 0. The lowest BCUT2D eigenvalue weighted by Crippen LogP contribution is -2.32. The molecule has 0 bridgehead atoms. The number of ether oxygens (including phenoxy) is 10. The summed E-state index contributed by atoms with van der Waals surface area (Å²) in [7, 11) is 3.24. The topological polar surface area (TPSA) is 167 Å². The highest BCUT2D eigenvalue weighted by Crippen LogP contribution is 2.29. The van der Waals surface area contributed by atoms with Gasteiger partial charge in [-0.3, -0.25) is 9.59 Å². The van der Waals surface area contributed by atoms with Gasteiger partial charge in [-0.05, 0) is 40.5 Å². The van der Waals surface area contributed by atoms with Crippen LogP contribution in [0, 0.1) is 5.41 Å². The first-order chi connectivity index (χ1) is 21.6. The highest BCUT2D eigenvalue weighted by atomic mass is 16.6. The molecule has 4 unspecified atom stereocenters. The van der Waals surface area contributed by atoms with Crippen LogP contribution in [0.25, 0.3) is 0 Å². The quantitative estimate of drug-likeness (QED) is 0.0791. The summed E-state index contributed by atoms with van der Waals surface area (Å²) in [5.74, 6) is -0.969. The van der Waals surface area contributed by atoms with Crippen LogP contribution in [0.4, 0.5) is 0 Å². The lowest BCUT2D eigenvalue weighted by atomic mass is 9.80. The molecule has 0 aromatic rings. The molecule has 14 heteroatoms. The van der Waals surface area contributed by atoms with Crippen molar-refractivity contribution in [3.05, 3.63) is 0 Å². The number of aliphatic hydroxyl groups is 2. The van der Waals surface area contributed by atoms with E-state index in [0.717, 1.165) is 0 Å². The van der Waals surface area contributed by atoms with Crippen molar-refractivity contribution in [2.75, 3.05) is 107 Å². The molecule has 0 amide bonds. The summed E-state index contributed by atoms with van der Waals surface area (Å²) in [6, 6.07) is 0. The average Bonchev–Trinajstić information content (AvgIpc) is 3.05. The van der Waals surface area contributed by atoms with E-state index < -0.39 is 30.6 Å². The molecule has 0 aliphatic carbocycles. The number of hydrogen-bond donors (Lipinski definition) is 2. The largest absolute Gasteiger partial charge is 0.463 e. The van der Waals surface area contributed by atoms with E-state index in [0.29, 0.717) is 59.5 Å². The minimum atomic E-state index is -1.02. The second-order valence-corrected chi connectivity index (χ2v) is 11.0. The van der Waals surface area contributed by atoms with Gasteiger partial charge in [0.1, 0.15) is 13.2 Å². The Balaban J connectivity index is 4.08. The molecule has 268 valence electrons. The maximum absolute atomic E-state index is 12.3. The van der Waals surface area contributed by atoms with E-state index in [1.165, 1.54) is 0 Å². The Labute approximate surface area is 269 Å². The zero-order valence-corrected chi connectivity index (χ0v) is 28.3. The zero-order valence-electron chi connectivity index (χ0n) is 28.3. The van der Waals surface area contributed by atoms with Gasteiger partial charge < -0.3 is 57.6 Å². The zero-order chi connectivity index (χ0) is 33.8. The maximum atomic E-state index is 12.3. The third-order valence-electron chi connectivity index (χ3n) is 6.78. The van der Waals surface area contributed by atoms with Gasteiger partial charge in [-0.2, -0.15) is 0 Å². The molecule has 14 nitrogen and oxygen atoms in total. The van der Waals surface area contributed by atoms with Gasteiger partial charge in [-0.15, -0.1) is 0 Å². The van der Waals surface area contributed by atoms with Crippen LogP contribution in [0.2, 0.25) is 0 Å². The van der Waals surface area contributed by atoms with Gasteiger partial charge in [0.05, 0.1) is 104 Å². The van der Waals surface area contributed by atoms with Gasteiger partial charge in [0, 0.05) is 32.5 Å². The molecule has 4 atom stereocenters. The fourth-order valence-corrected chi connectivity index (χ4v) is 3.59. The average molecular weight is 657 g/mol. The Morgan fingerprint density at radius 2 is 0.956 bits per heavy atom. The van der Waals surface area contributed by atoms with E-state index in [9.17, 15) is 19.8 Å². The summed E-state index contributed by atoms with van der Waals surface area (Å²) < 4.78 is 53.6. The Hall–Kier alpha value is -1.46. The van der Waals surface area contributed by atoms with Crippen LogP contribution in [-0.4, -0.2) is 153 Å². The minimum absolute atomic E-state index is 0.0149. The third kappa shape index (κ3) is 25.3. The highest BCUT2D eigenvalue weighted by Gasteiger charge is 2.31. The van der Waals surface area contributed by atoms with Gasteiger partial charge in [0.15, 0.2) is 0 Å². The van der Waals surface area contributed by atoms with Gasteiger partial charge in [-0.25, -0.2) is 0 Å². The lowest BCUT2D eigenvalue weighted by Gasteiger charge is -2.29. The standard InChI is InChI=1S/C31H60O14/c1-25(37-6)19-42-26(2)20-43-27(3)21-44-28(4)22-45-30(35)8-10-31(23-32,24-33)9-7-29(34)41-18-17-40-16-15-39-14-13-38-12-11-36-5/h25-28,32-33H,7-24H2,1-6H3. The summed E-state index contributed by atoms with van der Waals surface area (Å²) in [5.41, 5.74) is -1.02. The molecule has 0 fully saturated rings. The van der Waals surface area contributed by atoms with E-state index in [2.05, 4.69) is 0 Å². The Morgan fingerprint density at radius 1 is 0.556 bits per heavy atom. The fraction of sp³-hybridized carbons (Fsp3) is 0.935. The molecule has 0 aromatic carbocycles. The van der Waals surface area contributed by atoms with Crippen molar-refractivity contribution in [3.8, 4) is 0 Å². The molecule has 0 aliphatic heterocycles. The highest BCUT2D eigenvalue weighted by molar-refractivity contribution is 5.70. The number of hydrogen-bond acceptors (Lipinski definition) is 14. The van der Waals surface area contributed by atoms with Crippen LogP contribution in [-0.2, 0) is 57.0 Å². The summed E-state index contributed by atoms with van der Waals surface area (Å²) in [6.07, 6.45) is -0.351. The van der Waals surface area contributed by atoms with Crippen molar-refractivity contribution in [2.45, 2.75) is 77.8 Å². The van der Waals surface area contributed by atoms with Crippen molar-refractivity contribution in [3.63, 3.8) is 0 Å². The van der Waals surface area contributed by atoms with Gasteiger partial charge in [0.2, 0.25) is 0 Å². The van der Waals surface area contributed by atoms with E-state index in [1.807, 2.05) is 20.8 Å². The number of aliphatic hydroxyl groups excluding tert-OH is 2. The number of rotatable bonds is 32. The van der Waals surface area contributed by atoms with Crippen molar-refractivity contribution < 1.29 is 67.2 Å². The predicted octanol–water partition coefficient (Wildman–Crippen LogP) is 1.55. The van der Waals surface area contributed by atoms with E-state index in [4.69, 9.17) is 47.4 Å². The molecule has 0 aliphatic rings. The number of carbonyl (C=O) groups is 2. The molecule has 0 rings (SSSR count). The predicted molar refractivity (Wildman–Crippen MR) is 164 cm³/mol. The molecule has 45 heavy (non-hydrogen) atoms. The monoisotopic (exact) mass is 656 g/mol. The molecular weight excluding hydrogens is 596 g/mol. The Bertz CT molecular complexity index is 706. The normalized spacial score (nSPS) is 14.6. The van der Waals surface area contributed by atoms with Crippen molar-refractivity contribution in [2.24, 2.45) is 5.41 Å². The molecular formula is C31H60O14. The van der Waals surface area contributed by atoms with Crippen LogP contribution in [0.1, 0.15) is 53.4 Å². The first-order valence-corrected chi connectivity index (χ1v) is 15.7. The van der Waals surface area contributed by atoms with Crippen molar-refractivity contribution in [1.82, 2.24) is 0 Å². The minimum Gasteiger partial charge on any atom is -0.463 e. The summed E-state index contributed by atoms with van der Waals surface area (Å²) in [4.78, 5) is 24.5. The molecule has 0 spiro atoms. The van der Waals surface area contributed by atoms with E-state index in [1.54, 1.807) is 21.1 Å². The molecule has 0 aromatic heterocycles. The maximum Gasteiger partial charge on any atom is 0.305 e.